The molecule has 0 spiro atoms. The van der Waals surface area contributed by atoms with E-state index in [9.17, 15) is 24.0 Å². The predicted molar refractivity (Wildman–Crippen MR) is 125 cm³/mol. The molecule has 0 saturated heterocycles. The zero-order valence-corrected chi connectivity index (χ0v) is 20.6. The molecule has 0 radical (unpaired) electrons. The largest absolute Gasteiger partial charge is 0.388 e. The van der Waals surface area contributed by atoms with E-state index in [4.69, 9.17) is 9.57 Å². The normalized spacial score (nSPS) is 14.1. The van der Waals surface area contributed by atoms with Crippen molar-refractivity contribution in [1.29, 1.82) is 0 Å². The third-order valence-electron chi connectivity index (χ3n) is 4.63. The summed E-state index contributed by atoms with van der Waals surface area (Å²) in [4.78, 5) is 63.9. The Balaban J connectivity index is 2.26. The fourth-order valence-corrected chi connectivity index (χ4v) is 3.04. The number of hydrogen-bond donors (Lipinski definition) is 2. The first-order chi connectivity index (χ1) is 15.8. The fourth-order valence-electron chi connectivity index (χ4n) is 3.04. The summed E-state index contributed by atoms with van der Waals surface area (Å²) in [6, 6.07) is 0. The van der Waals surface area contributed by atoms with Gasteiger partial charge in [0.15, 0.2) is 12.4 Å². The minimum atomic E-state index is -0.445. The highest BCUT2D eigenvalue weighted by Crippen LogP contribution is 2.25. The van der Waals surface area contributed by atoms with E-state index in [1.54, 1.807) is 0 Å². The van der Waals surface area contributed by atoms with Crippen LogP contribution in [0.1, 0.15) is 47.5 Å². The van der Waals surface area contributed by atoms with Gasteiger partial charge in [-0.05, 0) is 17.8 Å². The Kier molecular flexibility index (Phi) is 11.6. The van der Waals surface area contributed by atoms with Gasteiger partial charge >= 0.3 is 0 Å². The lowest BCUT2D eigenvalue weighted by Crippen LogP contribution is -2.39. The number of nitrogens with zero attached hydrogens (tertiary/aromatic N) is 2. The number of nitrogens with one attached hydrogen (secondary N) is 2. The van der Waals surface area contributed by atoms with Crippen molar-refractivity contribution in [1.82, 2.24) is 15.5 Å². The van der Waals surface area contributed by atoms with E-state index in [2.05, 4.69) is 15.8 Å². The van der Waals surface area contributed by atoms with Crippen LogP contribution in [-0.4, -0.2) is 80.0 Å². The molecule has 0 aliphatic carbocycles. The molecule has 1 aliphatic rings. The number of imide groups is 1. The molecule has 0 aromatic rings. The minimum Gasteiger partial charge on any atom is -0.388 e. The highest BCUT2D eigenvalue weighted by Gasteiger charge is 2.27. The number of ketones is 1. The number of hydrogen-bond acceptors (Lipinski definition) is 8. The standard InChI is InChI=1S/C23H36N4O7/c1-17(28)14-34-26-9-8-24-18(29)12-22(2,3)15-33-16-23(4,5)13-19(30)25-10-11-27-20(31)6-7-21(27)32/h6-7,9H,8,10-16H2,1-5H3,(H,24,29)(H,25,30)/b26-9+. The summed E-state index contributed by atoms with van der Waals surface area (Å²) >= 11 is 0. The van der Waals surface area contributed by atoms with Crippen molar-refractivity contribution < 1.29 is 33.5 Å². The first-order valence-electron chi connectivity index (χ1n) is 11.1. The van der Waals surface area contributed by atoms with Crippen molar-refractivity contribution in [3.63, 3.8) is 0 Å². The van der Waals surface area contributed by atoms with E-state index < -0.39 is 10.8 Å². The summed E-state index contributed by atoms with van der Waals surface area (Å²) in [7, 11) is 0. The van der Waals surface area contributed by atoms with E-state index in [-0.39, 0.29) is 68.5 Å². The summed E-state index contributed by atoms with van der Waals surface area (Å²) in [5.41, 5.74) is -0.868. The monoisotopic (exact) mass is 480 g/mol. The van der Waals surface area contributed by atoms with Gasteiger partial charge in [0, 0.05) is 38.1 Å². The van der Waals surface area contributed by atoms with Crippen molar-refractivity contribution in [2.45, 2.75) is 47.5 Å². The number of carbonyl (C=O) groups is 5. The van der Waals surface area contributed by atoms with Crippen LogP contribution < -0.4 is 10.6 Å². The van der Waals surface area contributed by atoms with Crippen molar-refractivity contribution in [3.8, 4) is 0 Å². The summed E-state index contributed by atoms with van der Waals surface area (Å²) in [5, 5.41) is 8.99. The third kappa shape index (κ3) is 12.2. The van der Waals surface area contributed by atoms with Gasteiger partial charge < -0.3 is 20.2 Å². The van der Waals surface area contributed by atoms with Gasteiger partial charge in [0.25, 0.3) is 11.8 Å². The maximum atomic E-state index is 12.2. The lowest BCUT2D eigenvalue weighted by molar-refractivity contribution is -0.137. The first-order valence-corrected chi connectivity index (χ1v) is 11.1. The Morgan fingerprint density at radius 1 is 0.971 bits per heavy atom. The van der Waals surface area contributed by atoms with E-state index in [0.29, 0.717) is 13.2 Å². The maximum absolute atomic E-state index is 12.2. The Bertz CT molecular complexity index is 800. The highest BCUT2D eigenvalue weighted by molar-refractivity contribution is 6.12. The van der Waals surface area contributed by atoms with Gasteiger partial charge in [0.2, 0.25) is 11.8 Å². The highest BCUT2D eigenvalue weighted by atomic mass is 16.6. The summed E-state index contributed by atoms with van der Waals surface area (Å²) in [6.45, 7) is 10.0. The second kappa shape index (κ2) is 13.6. The summed E-state index contributed by atoms with van der Waals surface area (Å²) in [6.07, 6.45) is 4.23. The number of Topliss-reactive ketones (excluding diaryl/α,β-unsaturated/α-hetero) is 1. The molecule has 0 aromatic heterocycles. The van der Waals surface area contributed by atoms with Gasteiger partial charge in [-0.2, -0.15) is 0 Å². The lowest BCUT2D eigenvalue weighted by atomic mass is 9.88. The molecular formula is C23H36N4O7. The first kappa shape index (κ1) is 29.0. The fraction of sp³-hybridized carbons (Fsp3) is 0.652. The molecule has 4 amide bonds. The Morgan fingerprint density at radius 2 is 1.50 bits per heavy atom. The molecular weight excluding hydrogens is 444 g/mol. The van der Waals surface area contributed by atoms with E-state index in [1.807, 2.05) is 27.7 Å². The van der Waals surface area contributed by atoms with Gasteiger partial charge in [-0.15, -0.1) is 0 Å². The predicted octanol–water partition coefficient (Wildman–Crippen LogP) is 0.584. The van der Waals surface area contributed by atoms with Crippen molar-refractivity contribution in [2.75, 3.05) is 39.5 Å². The van der Waals surface area contributed by atoms with Crippen LogP contribution in [0.25, 0.3) is 0 Å². The minimum absolute atomic E-state index is 0.106. The number of carbonyl (C=O) groups excluding carboxylic acids is 5. The number of rotatable bonds is 16. The molecule has 0 bridgehead atoms. The zero-order valence-electron chi connectivity index (χ0n) is 20.6. The Hall–Kier alpha value is -3.08. The van der Waals surface area contributed by atoms with Crippen LogP contribution in [0.2, 0.25) is 0 Å². The molecule has 1 rings (SSSR count). The topological polar surface area (TPSA) is 143 Å². The molecule has 11 heteroatoms. The number of amides is 4. The average Bonchev–Trinajstić information content (AvgIpc) is 3.01. The molecule has 0 atom stereocenters. The third-order valence-corrected chi connectivity index (χ3v) is 4.63. The van der Waals surface area contributed by atoms with Crippen LogP contribution in [0.15, 0.2) is 17.3 Å². The van der Waals surface area contributed by atoms with Gasteiger partial charge in [-0.1, -0.05) is 32.9 Å². The average molecular weight is 481 g/mol. The Morgan fingerprint density at radius 3 is 2.03 bits per heavy atom. The van der Waals surface area contributed by atoms with Crippen molar-refractivity contribution >= 4 is 35.6 Å². The quantitative estimate of drug-likeness (QED) is 0.187. The summed E-state index contributed by atoms with van der Waals surface area (Å²) < 4.78 is 5.81. The molecule has 0 aromatic carbocycles. The lowest BCUT2D eigenvalue weighted by Gasteiger charge is -2.28. The molecule has 1 aliphatic heterocycles. The SMILES string of the molecule is CC(=O)CO/N=C/CNC(=O)CC(C)(C)COCC(C)(C)CC(=O)NCCN1C(=O)C=CC1=O. The van der Waals surface area contributed by atoms with Crippen LogP contribution in [0.5, 0.6) is 0 Å². The summed E-state index contributed by atoms with van der Waals surface area (Å²) in [5.74, 6) is -1.27. The zero-order chi connectivity index (χ0) is 25.8. The molecule has 190 valence electrons. The second-order valence-electron chi connectivity index (χ2n) is 9.75. The molecule has 1 heterocycles. The number of oxime groups is 1. The van der Waals surface area contributed by atoms with E-state index in [0.717, 1.165) is 4.90 Å². The van der Waals surface area contributed by atoms with E-state index in [1.165, 1.54) is 25.3 Å². The van der Waals surface area contributed by atoms with Crippen molar-refractivity contribution in [3.05, 3.63) is 12.2 Å². The van der Waals surface area contributed by atoms with Crippen molar-refractivity contribution in [2.24, 2.45) is 16.0 Å². The van der Waals surface area contributed by atoms with Crippen LogP contribution in [0.3, 0.4) is 0 Å². The van der Waals surface area contributed by atoms with Gasteiger partial charge in [-0.25, -0.2) is 0 Å². The van der Waals surface area contributed by atoms with E-state index >= 15 is 0 Å². The Labute approximate surface area is 200 Å². The number of ether oxygens (including phenoxy) is 1. The second-order valence-corrected chi connectivity index (χ2v) is 9.75. The maximum Gasteiger partial charge on any atom is 0.253 e. The molecule has 0 fully saturated rings. The molecule has 11 nitrogen and oxygen atoms in total. The van der Waals surface area contributed by atoms with Crippen LogP contribution in [0.4, 0.5) is 0 Å². The van der Waals surface area contributed by atoms with Gasteiger partial charge in [-0.3, -0.25) is 28.9 Å². The van der Waals surface area contributed by atoms with Crippen LogP contribution in [0, 0.1) is 10.8 Å². The smallest absolute Gasteiger partial charge is 0.253 e. The van der Waals surface area contributed by atoms with Gasteiger partial charge in [0.05, 0.1) is 26.0 Å². The van der Waals surface area contributed by atoms with Gasteiger partial charge in [0.1, 0.15) is 0 Å². The van der Waals surface area contributed by atoms with Crippen LogP contribution >= 0.6 is 0 Å². The molecule has 0 saturated carbocycles. The molecule has 34 heavy (non-hydrogen) atoms. The molecule has 0 unspecified atom stereocenters. The van der Waals surface area contributed by atoms with Crippen LogP contribution in [-0.2, 0) is 33.5 Å². The molecule has 2 N–H and O–H groups in total.